The molecule has 0 bridgehead atoms. The molecular formula is C17H21ClN2O3. The van der Waals surface area contributed by atoms with Crippen LogP contribution < -0.4 is 10.2 Å². The van der Waals surface area contributed by atoms with Crippen molar-refractivity contribution >= 4 is 29.3 Å². The number of benzene rings is 1. The lowest BCUT2D eigenvalue weighted by atomic mass is 9.88. The highest BCUT2D eigenvalue weighted by Gasteiger charge is 2.33. The van der Waals surface area contributed by atoms with Gasteiger partial charge >= 0.3 is 6.09 Å². The maximum Gasteiger partial charge on any atom is 0.414 e. The molecule has 1 saturated carbocycles. The Morgan fingerprint density at radius 2 is 1.91 bits per heavy atom. The second-order valence-corrected chi connectivity index (χ2v) is 6.61. The molecular weight excluding hydrogens is 316 g/mol. The van der Waals surface area contributed by atoms with Crippen molar-refractivity contribution in [1.82, 2.24) is 5.32 Å². The van der Waals surface area contributed by atoms with Crippen LogP contribution in [-0.2, 0) is 9.53 Å². The predicted octanol–water partition coefficient (Wildman–Crippen LogP) is 3.36. The molecule has 0 spiro atoms. The van der Waals surface area contributed by atoms with E-state index in [4.69, 9.17) is 16.3 Å². The molecule has 1 aromatic carbocycles. The number of carbonyl (C=O) groups is 2. The minimum absolute atomic E-state index is 0.0886. The van der Waals surface area contributed by atoms with Gasteiger partial charge in [0.25, 0.3) is 0 Å². The summed E-state index contributed by atoms with van der Waals surface area (Å²) in [6.45, 7) is 0.802. The molecule has 6 heteroatoms. The van der Waals surface area contributed by atoms with Crippen molar-refractivity contribution in [3.8, 4) is 0 Å². The average molecular weight is 337 g/mol. The summed E-state index contributed by atoms with van der Waals surface area (Å²) in [6, 6.07) is 7.05. The molecule has 1 saturated heterocycles. The van der Waals surface area contributed by atoms with Gasteiger partial charge in [0, 0.05) is 16.6 Å². The second-order valence-electron chi connectivity index (χ2n) is 6.17. The van der Waals surface area contributed by atoms with Gasteiger partial charge in [0.1, 0.15) is 6.10 Å². The van der Waals surface area contributed by atoms with Gasteiger partial charge in [0.2, 0.25) is 5.91 Å². The van der Waals surface area contributed by atoms with Gasteiger partial charge in [-0.25, -0.2) is 4.79 Å². The normalized spacial score (nSPS) is 22.0. The van der Waals surface area contributed by atoms with E-state index in [0.29, 0.717) is 18.1 Å². The quantitative estimate of drug-likeness (QED) is 0.917. The highest BCUT2D eigenvalue weighted by Crippen LogP contribution is 2.25. The predicted molar refractivity (Wildman–Crippen MR) is 88.7 cm³/mol. The molecule has 3 rings (SSSR count). The highest BCUT2D eigenvalue weighted by molar-refractivity contribution is 6.30. The van der Waals surface area contributed by atoms with E-state index in [1.807, 2.05) is 0 Å². The molecule has 124 valence electrons. The monoisotopic (exact) mass is 336 g/mol. The first-order chi connectivity index (χ1) is 11.1. The number of amides is 2. The number of halogens is 1. The molecule has 1 aromatic rings. The van der Waals surface area contributed by atoms with Gasteiger partial charge in [-0.1, -0.05) is 30.9 Å². The number of hydrogen-bond donors (Lipinski definition) is 1. The van der Waals surface area contributed by atoms with Gasteiger partial charge in [-0.15, -0.1) is 0 Å². The van der Waals surface area contributed by atoms with Gasteiger partial charge in [-0.3, -0.25) is 9.69 Å². The maximum atomic E-state index is 12.1. The van der Waals surface area contributed by atoms with Gasteiger partial charge in [-0.05, 0) is 37.1 Å². The van der Waals surface area contributed by atoms with E-state index in [-0.39, 0.29) is 24.0 Å². The van der Waals surface area contributed by atoms with Crippen LogP contribution in [0.1, 0.15) is 32.1 Å². The van der Waals surface area contributed by atoms with Crippen LogP contribution in [0.25, 0.3) is 0 Å². The van der Waals surface area contributed by atoms with E-state index >= 15 is 0 Å². The number of rotatable bonds is 4. The van der Waals surface area contributed by atoms with E-state index in [0.717, 1.165) is 31.4 Å². The van der Waals surface area contributed by atoms with Gasteiger partial charge in [-0.2, -0.15) is 0 Å². The Morgan fingerprint density at radius 3 is 2.61 bits per heavy atom. The zero-order chi connectivity index (χ0) is 16.2. The Bertz CT molecular complexity index is 570. The summed E-state index contributed by atoms with van der Waals surface area (Å²) in [7, 11) is 0. The van der Waals surface area contributed by atoms with E-state index in [1.54, 1.807) is 29.2 Å². The zero-order valence-electron chi connectivity index (χ0n) is 13.0. The molecule has 1 atom stereocenters. The summed E-state index contributed by atoms with van der Waals surface area (Å²) in [5, 5.41) is 3.55. The Hall–Kier alpha value is -1.75. The van der Waals surface area contributed by atoms with Crippen LogP contribution in [0.15, 0.2) is 24.3 Å². The van der Waals surface area contributed by atoms with Crippen LogP contribution in [0.4, 0.5) is 10.5 Å². The van der Waals surface area contributed by atoms with E-state index in [2.05, 4.69) is 5.32 Å². The molecule has 2 amide bonds. The minimum Gasteiger partial charge on any atom is -0.442 e. The molecule has 1 aliphatic heterocycles. The average Bonchev–Trinajstić information content (AvgIpc) is 2.95. The van der Waals surface area contributed by atoms with Gasteiger partial charge in [0.15, 0.2) is 0 Å². The number of carbonyl (C=O) groups excluding carboxylic acids is 2. The third kappa shape index (κ3) is 3.96. The van der Waals surface area contributed by atoms with Crippen LogP contribution in [0, 0.1) is 5.92 Å². The SMILES string of the molecule is O=C(NCC1CN(c2ccc(Cl)cc2)C(=O)O1)C1CCCCC1. The zero-order valence-corrected chi connectivity index (χ0v) is 13.7. The van der Waals surface area contributed by atoms with Crippen LogP contribution >= 0.6 is 11.6 Å². The highest BCUT2D eigenvalue weighted by atomic mass is 35.5. The number of anilines is 1. The van der Waals surface area contributed by atoms with Crippen molar-refractivity contribution in [2.75, 3.05) is 18.0 Å². The van der Waals surface area contributed by atoms with Crippen LogP contribution in [0.5, 0.6) is 0 Å². The van der Waals surface area contributed by atoms with Crippen LogP contribution in [0.3, 0.4) is 0 Å². The molecule has 23 heavy (non-hydrogen) atoms. The first-order valence-corrected chi connectivity index (χ1v) is 8.53. The molecule has 2 fully saturated rings. The number of hydrogen-bond acceptors (Lipinski definition) is 3. The van der Waals surface area contributed by atoms with Crippen molar-refractivity contribution in [2.45, 2.75) is 38.2 Å². The van der Waals surface area contributed by atoms with Gasteiger partial charge in [0.05, 0.1) is 13.1 Å². The van der Waals surface area contributed by atoms with E-state index in [1.165, 1.54) is 6.42 Å². The van der Waals surface area contributed by atoms with Crippen molar-refractivity contribution in [3.63, 3.8) is 0 Å². The topological polar surface area (TPSA) is 58.6 Å². The Labute approximate surface area is 140 Å². The first-order valence-electron chi connectivity index (χ1n) is 8.15. The molecule has 1 N–H and O–H groups in total. The Morgan fingerprint density at radius 1 is 1.22 bits per heavy atom. The minimum atomic E-state index is -0.385. The molecule has 1 unspecified atom stereocenters. The van der Waals surface area contributed by atoms with Crippen molar-refractivity contribution in [1.29, 1.82) is 0 Å². The number of nitrogens with one attached hydrogen (secondary N) is 1. The number of nitrogens with zero attached hydrogens (tertiary/aromatic N) is 1. The fourth-order valence-electron chi connectivity index (χ4n) is 3.18. The summed E-state index contributed by atoms with van der Waals surface area (Å²) in [4.78, 5) is 25.7. The first kappa shape index (κ1) is 16.1. The van der Waals surface area contributed by atoms with E-state index in [9.17, 15) is 9.59 Å². The maximum absolute atomic E-state index is 12.1. The summed E-state index contributed by atoms with van der Waals surface area (Å²) in [5.41, 5.74) is 0.750. The third-order valence-electron chi connectivity index (χ3n) is 4.49. The van der Waals surface area contributed by atoms with E-state index < -0.39 is 0 Å². The van der Waals surface area contributed by atoms with Crippen molar-refractivity contribution < 1.29 is 14.3 Å². The van der Waals surface area contributed by atoms with Crippen molar-refractivity contribution in [3.05, 3.63) is 29.3 Å². The lowest BCUT2D eigenvalue weighted by molar-refractivity contribution is -0.126. The molecule has 1 aliphatic carbocycles. The van der Waals surface area contributed by atoms with Crippen molar-refractivity contribution in [2.24, 2.45) is 5.92 Å². The molecule has 0 radical (unpaired) electrons. The second kappa shape index (κ2) is 7.21. The summed E-state index contributed by atoms with van der Waals surface area (Å²) >= 11 is 5.86. The lowest BCUT2D eigenvalue weighted by Crippen LogP contribution is -2.38. The lowest BCUT2D eigenvalue weighted by Gasteiger charge is -2.21. The Balaban J connectivity index is 1.51. The summed E-state index contributed by atoms with van der Waals surface area (Å²) < 4.78 is 5.34. The summed E-state index contributed by atoms with van der Waals surface area (Å²) in [5.74, 6) is 0.207. The summed E-state index contributed by atoms with van der Waals surface area (Å²) in [6.07, 6.45) is 4.71. The molecule has 0 aromatic heterocycles. The standard InChI is InChI=1S/C17H21ClN2O3/c18-13-6-8-14(9-7-13)20-11-15(23-17(20)22)10-19-16(21)12-4-2-1-3-5-12/h6-9,12,15H,1-5,10-11H2,(H,19,21). The smallest absolute Gasteiger partial charge is 0.414 e. The third-order valence-corrected chi connectivity index (χ3v) is 4.74. The number of cyclic esters (lactones) is 1. The fourth-order valence-corrected chi connectivity index (χ4v) is 3.31. The largest absolute Gasteiger partial charge is 0.442 e. The Kier molecular flexibility index (Phi) is 5.06. The fraction of sp³-hybridized carbons (Fsp3) is 0.529. The molecule has 2 aliphatic rings. The number of ether oxygens (including phenoxy) is 1. The van der Waals surface area contributed by atoms with Crippen LogP contribution in [-0.4, -0.2) is 31.2 Å². The molecule has 1 heterocycles. The molecule has 5 nitrogen and oxygen atoms in total. The van der Waals surface area contributed by atoms with Crippen LogP contribution in [0.2, 0.25) is 5.02 Å². The van der Waals surface area contributed by atoms with Gasteiger partial charge < -0.3 is 10.1 Å².